The van der Waals surface area contributed by atoms with E-state index in [1.807, 2.05) is 0 Å². The number of non-ortho nitro benzene ring substituents is 1. The van der Waals surface area contributed by atoms with Crippen molar-refractivity contribution in [3.05, 3.63) is 40.7 Å². The van der Waals surface area contributed by atoms with Gasteiger partial charge in [-0.2, -0.15) is 0 Å². The smallest absolute Gasteiger partial charge is 0.277 e. The van der Waals surface area contributed by atoms with Crippen molar-refractivity contribution in [1.82, 2.24) is 4.98 Å². The molecule has 1 aromatic carbocycles. The average Bonchev–Trinajstić information content (AvgIpc) is 2.96. The van der Waals surface area contributed by atoms with Gasteiger partial charge in [0.25, 0.3) is 5.69 Å². The highest BCUT2D eigenvalue weighted by atomic mass is 16.6. The molecule has 0 atom stereocenters. The number of anilines is 1. The lowest BCUT2D eigenvalue weighted by molar-refractivity contribution is -0.383. The first-order chi connectivity index (χ1) is 10.2. The highest BCUT2D eigenvalue weighted by Crippen LogP contribution is 2.37. The van der Waals surface area contributed by atoms with E-state index in [9.17, 15) is 15.2 Å². The molecule has 1 fully saturated rings. The van der Waals surface area contributed by atoms with Gasteiger partial charge in [0.05, 0.1) is 22.5 Å². The molecule has 1 aliphatic rings. The van der Waals surface area contributed by atoms with Crippen molar-refractivity contribution in [3.8, 4) is 0 Å². The number of pyridine rings is 1. The minimum Gasteiger partial charge on any atom is -0.394 e. The molecule has 0 radical (unpaired) electrons. The number of hydrogen-bond acceptors (Lipinski definition) is 5. The molecule has 6 heteroatoms. The second-order valence-electron chi connectivity index (χ2n) is 5.58. The van der Waals surface area contributed by atoms with Crippen LogP contribution in [0.25, 0.3) is 10.8 Å². The van der Waals surface area contributed by atoms with Crippen LogP contribution in [0.5, 0.6) is 0 Å². The van der Waals surface area contributed by atoms with Gasteiger partial charge < -0.3 is 10.4 Å². The number of nitrogens with zero attached hydrogens (tertiary/aromatic N) is 2. The zero-order chi connectivity index (χ0) is 14.9. The lowest BCUT2D eigenvalue weighted by Gasteiger charge is -2.29. The van der Waals surface area contributed by atoms with Crippen LogP contribution in [0.3, 0.4) is 0 Å². The van der Waals surface area contributed by atoms with Crippen molar-refractivity contribution >= 4 is 22.1 Å². The molecule has 2 aromatic rings. The first kappa shape index (κ1) is 13.8. The number of hydrogen-bond donors (Lipinski definition) is 2. The maximum atomic E-state index is 11.1. The molecule has 110 valence electrons. The zero-order valence-electron chi connectivity index (χ0n) is 11.6. The predicted molar refractivity (Wildman–Crippen MR) is 80.3 cm³/mol. The summed E-state index contributed by atoms with van der Waals surface area (Å²) in [6.07, 6.45) is 7.15. The fourth-order valence-corrected chi connectivity index (χ4v) is 3.10. The van der Waals surface area contributed by atoms with Crippen molar-refractivity contribution in [2.75, 3.05) is 11.9 Å². The van der Waals surface area contributed by atoms with Gasteiger partial charge in [0, 0.05) is 29.5 Å². The van der Waals surface area contributed by atoms with Gasteiger partial charge in [-0.25, -0.2) is 0 Å². The Labute approximate surface area is 122 Å². The summed E-state index contributed by atoms with van der Waals surface area (Å²) in [7, 11) is 0. The summed E-state index contributed by atoms with van der Waals surface area (Å²) < 4.78 is 0. The number of fused-ring (bicyclic) bond motifs is 1. The van der Waals surface area contributed by atoms with Crippen LogP contribution in [0.1, 0.15) is 25.7 Å². The van der Waals surface area contributed by atoms with E-state index in [2.05, 4.69) is 10.3 Å². The summed E-state index contributed by atoms with van der Waals surface area (Å²) >= 11 is 0. The first-order valence-corrected chi connectivity index (χ1v) is 7.05. The Morgan fingerprint density at radius 3 is 2.71 bits per heavy atom. The van der Waals surface area contributed by atoms with Gasteiger partial charge >= 0.3 is 0 Å². The molecule has 0 unspecified atom stereocenters. The molecule has 3 rings (SSSR count). The van der Waals surface area contributed by atoms with Crippen LogP contribution in [0.15, 0.2) is 30.6 Å². The first-order valence-electron chi connectivity index (χ1n) is 7.05. The number of nitrogens with one attached hydrogen (secondary N) is 1. The topological polar surface area (TPSA) is 88.3 Å². The molecular weight excluding hydrogens is 270 g/mol. The molecule has 1 saturated carbocycles. The Balaban J connectivity index is 2.07. The normalized spacial score (nSPS) is 17.0. The van der Waals surface area contributed by atoms with Crippen molar-refractivity contribution in [1.29, 1.82) is 0 Å². The monoisotopic (exact) mass is 287 g/mol. The van der Waals surface area contributed by atoms with Crippen molar-refractivity contribution in [2.24, 2.45) is 0 Å². The predicted octanol–water partition coefficient (Wildman–Crippen LogP) is 2.86. The third-order valence-corrected chi connectivity index (χ3v) is 4.25. The molecule has 0 saturated heterocycles. The quantitative estimate of drug-likeness (QED) is 0.666. The van der Waals surface area contributed by atoms with E-state index in [-0.39, 0.29) is 22.8 Å². The van der Waals surface area contributed by atoms with E-state index in [1.54, 1.807) is 24.5 Å². The van der Waals surface area contributed by atoms with Gasteiger partial charge in [0.15, 0.2) is 0 Å². The lowest BCUT2D eigenvalue weighted by atomic mass is 9.97. The number of rotatable bonds is 4. The molecule has 1 aromatic heterocycles. The Kier molecular flexibility index (Phi) is 3.47. The molecule has 2 N–H and O–H groups in total. The number of aliphatic hydroxyl groups is 1. The van der Waals surface area contributed by atoms with E-state index in [0.717, 1.165) is 31.4 Å². The molecule has 1 aliphatic carbocycles. The number of nitro benzene ring substituents is 1. The summed E-state index contributed by atoms with van der Waals surface area (Å²) in [6, 6.07) is 4.86. The lowest BCUT2D eigenvalue weighted by Crippen LogP contribution is -2.39. The summed E-state index contributed by atoms with van der Waals surface area (Å²) in [6.45, 7) is 0.0613. The van der Waals surface area contributed by atoms with E-state index < -0.39 is 0 Å². The van der Waals surface area contributed by atoms with E-state index in [0.29, 0.717) is 10.8 Å². The Hall–Kier alpha value is -2.21. The number of benzene rings is 1. The van der Waals surface area contributed by atoms with Crippen LogP contribution in [-0.4, -0.2) is 27.2 Å². The second-order valence-corrected chi connectivity index (χ2v) is 5.58. The Morgan fingerprint density at radius 2 is 2.05 bits per heavy atom. The Morgan fingerprint density at radius 1 is 1.29 bits per heavy atom. The molecule has 0 bridgehead atoms. The van der Waals surface area contributed by atoms with Gasteiger partial charge in [0.2, 0.25) is 0 Å². The molecule has 0 aliphatic heterocycles. The second kappa shape index (κ2) is 5.29. The van der Waals surface area contributed by atoms with Crippen LogP contribution in [0, 0.1) is 10.1 Å². The summed E-state index contributed by atoms with van der Waals surface area (Å²) in [4.78, 5) is 14.8. The largest absolute Gasteiger partial charge is 0.394 e. The average molecular weight is 287 g/mol. The standard InChI is InChI=1S/C15H17N3O3/c19-10-15(6-1-2-7-15)17-13-3-4-14(18(20)21)11-5-8-16-9-12(11)13/h3-5,8-9,17,19H,1-2,6-7,10H2. The molecular formula is C15H17N3O3. The third kappa shape index (κ3) is 2.42. The van der Waals surface area contributed by atoms with Crippen LogP contribution >= 0.6 is 0 Å². The highest BCUT2D eigenvalue weighted by Gasteiger charge is 2.33. The molecule has 0 spiro atoms. The van der Waals surface area contributed by atoms with Gasteiger partial charge in [-0.3, -0.25) is 15.1 Å². The molecule has 0 amide bonds. The zero-order valence-corrected chi connectivity index (χ0v) is 11.6. The van der Waals surface area contributed by atoms with Crippen molar-refractivity contribution in [2.45, 2.75) is 31.2 Å². The fourth-order valence-electron chi connectivity index (χ4n) is 3.10. The summed E-state index contributed by atoms with van der Waals surface area (Å²) in [5.74, 6) is 0. The maximum Gasteiger partial charge on any atom is 0.277 e. The van der Waals surface area contributed by atoms with Crippen molar-refractivity contribution < 1.29 is 10.0 Å². The van der Waals surface area contributed by atoms with Crippen LogP contribution in [0.2, 0.25) is 0 Å². The summed E-state index contributed by atoms with van der Waals surface area (Å²) in [5.41, 5.74) is 0.542. The van der Waals surface area contributed by atoms with E-state index >= 15 is 0 Å². The van der Waals surface area contributed by atoms with E-state index in [1.165, 1.54) is 6.07 Å². The van der Waals surface area contributed by atoms with Gasteiger partial charge in [-0.05, 0) is 25.0 Å². The molecule has 6 nitrogen and oxygen atoms in total. The number of nitro groups is 1. The van der Waals surface area contributed by atoms with Gasteiger partial charge in [0.1, 0.15) is 0 Å². The minimum absolute atomic E-state index is 0.0613. The Bertz CT molecular complexity index is 681. The molecule has 1 heterocycles. The van der Waals surface area contributed by atoms with Gasteiger partial charge in [-0.1, -0.05) is 12.8 Å². The molecule has 21 heavy (non-hydrogen) atoms. The highest BCUT2D eigenvalue weighted by molar-refractivity contribution is 5.99. The van der Waals surface area contributed by atoms with E-state index in [4.69, 9.17) is 0 Å². The fraction of sp³-hybridized carbons (Fsp3) is 0.400. The summed E-state index contributed by atoms with van der Waals surface area (Å²) in [5, 5.41) is 25.5. The van der Waals surface area contributed by atoms with Crippen LogP contribution in [-0.2, 0) is 0 Å². The maximum absolute atomic E-state index is 11.1. The van der Waals surface area contributed by atoms with Crippen LogP contribution < -0.4 is 5.32 Å². The van der Waals surface area contributed by atoms with Crippen molar-refractivity contribution in [3.63, 3.8) is 0 Å². The van der Waals surface area contributed by atoms with Crippen LogP contribution in [0.4, 0.5) is 11.4 Å². The third-order valence-electron chi connectivity index (χ3n) is 4.25. The number of aliphatic hydroxyl groups excluding tert-OH is 1. The SMILES string of the molecule is O=[N+]([O-])c1ccc(NC2(CO)CCCC2)c2cnccc12. The minimum atomic E-state index is -0.385. The van der Waals surface area contributed by atoms with Gasteiger partial charge in [-0.15, -0.1) is 0 Å². The number of aromatic nitrogens is 1.